The lowest BCUT2D eigenvalue weighted by atomic mass is 9.72. The molecule has 0 atom stereocenters. The highest BCUT2D eigenvalue weighted by atomic mass is 79.9. The number of nitrogens with zero attached hydrogens (tertiary/aromatic N) is 1. The Kier molecular flexibility index (Phi) is 3.66. The summed E-state index contributed by atoms with van der Waals surface area (Å²) in [6.45, 7) is 4.74. The first kappa shape index (κ1) is 17.5. The zero-order valence-electron chi connectivity index (χ0n) is 16.4. The first-order valence-electron chi connectivity index (χ1n) is 9.95. The van der Waals surface area contributed by atoms with E-state index in [1.165, 1.54) is 53.5 Å². The highest BCUT2D eigenvalue weighted by molar-refractivity contribution is 9.11. The van der Waals surface area contributed by atoms with Crippen molar-refractivity contribution < 1.29 is 0 Å². The van der Waals surface area contributed by atoms with Gasteiger partial charge in [-0.25, -0.2) is 0 Å². The lowest BCUT2D eigenvalue weighted by molar-refractivity contribution is 0.633. The summed E-state index contributed by atoms with van der Waals surface area (Å²) in [6, 6.07) is 26.8. The molecule has 2 aliphatic rings. The number of benzene rings is 3. The van der Waals surface area contributed by atoms with Crippen LogP contribution in [-0.4, -0.2) is 0 Å². The Bertz CT molecular complexity index is 1270. The maximum Gasteiger partial charge on any atom is 0.105 e. The second kappa shape index (κ2) is 6.07. The predicted molar refractivity (Wildman–Crippen MR) is 127 cm³/mol. The summed E-state index contributed by atoms with van der Waals surface area (Å²) >= 11 is 5.60. The van der Waals surface area contributed by atoms with Crippen LogP contribution in [0.1, 0.15) is 36.1 Å². The van der Waals surface area contributed by atoms with Crippen molar-refractivity contribution in [2.24, 2.45) is 0 Å². The normalized spacial score (nSPS) is 15.5. The number of hydrogen-bond donors (Lipinski definition) is 0. The zero-order chi connectivity index (χ0) is 19.8. The van der Waals surface area contributed by atoms with Crippen molar-refractivity contribution in [3.8, 4) is 11.1 Å². The van der Waals surface area contributed by atoms with Gasteiger partial charge >= 0.3 is 0 Å². The lowest BCUT2D eigenvalue weighted by Crippen LogP contribution is -2.32. The third-order valence-corrected chi connectivity index (χ3v) is 7.99. The topological polar surface area (TPSA) is 3.24 Å². The molecule has 1 aromatic heterocycles. The van der Waals surface area contributed by atoms with Crippen molar-refractivity contribution in [2.75, 3.05) is 4.90 Å². The van der Waals surface area contributed by atoms with Gasteiger partial charge < -0.3 is 4.90 Å². The molecule has 0 bridgehead atoms. The average molecular weight is 458 g/mol. The van der Waals surface area contributed by atoms with Crippen molar-refractivity contribution in [1.82, 2.24) is 0 Å². The van der Waals surface area contributed by atoms with E-state index in [4.69, 9.17) is 0 Å². The van der Waals surface area contributed by atoms with E-state index in [2.05, 4.69) is 107 Å². The van der Waals surface area contributed by atoms with E-state index < -0.39 is 0 Å². The standard InChI is InChI=1S/C26H20BrNS/c1-26(2)20-14-18(16-8-4-3-5-9-16)13-19-12-17-10-6-7-11-22(17)28(24(19)20)25-21(26)15-23(27)29-25/h3-11,13-15H,12H2,1-2H3. The van der Waals surface area contributed by atoms with Crippen LogP contribution < -0.4 is 4.90 Å². The Morgan fingerprint density at radius 2 is 1.59 bits per heavy atom. The number of halogens is 1. The molecule has 29 heavy (non-hydrogen) atoms. The molecule has 0 spiro atoms. The molecule has 0 saturated carbocycles. The van der Waals surface area contributed by atoms with Gasteiger partial charge in [0.1, 0.15) is 5.00 Å². The summed E-state index contributed by atoms with van der Waals surface area (Å²) in [7, 11) is 0. The molecule has 4 aromatic rings. The van der Waals surface area contributed by atoms with Crippen LogP contribution in [0.3, 0.4) is 0 Å². The fourth-order valence-corrected chi connectivity index (χ4v) is 6.65. The van der Waals surface area contributed by atoms with E-state index in [9.17, 15) is 0 Å². The number of anilines is 3. The Balaban J connectivity index is 1.70. The van der Waals surface area contributed by atoms with Crippen LogP contribution in [0.2, 0.25) is 0 Å². The average Bonchev–Trinajstić information content (AvgIpc) is 3.13. The van der Waals surface area contributed by atoms with E-state index in [0.717, 1.165) is 6.42 Å². The number of thiophene rings is 1. The minimum atomic E-state index is -0.0461. The van der Waals surface area contributed by atoms with Gasteiger partial charge in [0.25, 0.3) is 0 Å². The molecule has 6 rings (SSSR count). The molecule has 0 radical (unpaired) electrons. The molecule has 2 aliphatic heterocycles. The number of para-hydroxylation sites is 1. The van der Waals surface area contributed by atoms with Gasteiger partial charge in [0.2, 0.25) is 0 Å². The summed E-state index contributed by atoms with van der Waals surface area (Å²) in [4.78, 5) is 2.51. The smallest absolute Gasteiger partial charge is 0.105 e. The molecule has 0 saturated heterocycles. The third kappa shape index (κ3) is 2.44. The van der Waals surface area contributed by atoms with Crippen LogP contribution in [-0.2, 0) is 11.8 Å². The van der Waals surface area contributed by atoms with Crippen LogP contribution in [0.4, 0.5) is 16.4 Å². The van der Waals surface area contributed by atoms with Gasteiger partial charge in [-0.15, -0.1) is 11.3 Å². The molecule has 1 nitrogen and oxygen atoms in total. The van der Waals surface area contributed by atoms with E-state index in [1.54, 1.807) is 0 Å². The molecule has 0 amide bonds. The van der Waals surface area contributed by atoms with Crippen LogP contribution in [0.15, 0.2) is 76.6 Å². The zero-order valence-corrected chi connectivity index (χ0v) is 18.8. The second-order valence-corrected chi connectivity index (χ2v) is 10.8. The van der Waals surface area contributed by atoms with E-state index in [-0.39, 0.29) is 5.41 Å². The number of rotatable bonds is 1. The monoisotopic (exact) mass is 457 g/mol. The maximum absolute atomic E-state index is 3.77. The van der Waals surface area contributed by atoms with E-state index in [0.29, 0.717) is 0 Å². The fourth-order valence-electron chi connectivity index (χ4n) is 4.89. The second-order valence-electron chi connectivity index (χ2n) is 8.43. The summed E-state index contributed by atoms with van der Waals surface area (Å²) in [5.74, 6) is 0. The Hall–Kier alpha value is -2.36. The highest BCUT2D eigenvalue weighted by Gasteiger charge is 2.42. The van der Waals surface area contributed by atoms with Gasteiger partial charge in [-0.3, -0.25) is 0 Å². The molecule has 142 valence electrons. The van der Waals surface area contributed by atoms with Crippen molar-refractivity contribution in [1.29, 1.82) is 0 Å². The SMILES string of the molecule is CC1(C)c2cc(Br)sc2N2c3ccccc3Cc3cc(-c4ccccc4)cc1c32. The molecule has 0 N–H and O–H groups in total. The van der Waals surface area contributed by atoms with Gasteiger partial charge in [-0.2, -0.15) is 0 Å². The molecule has 3 aromatic carbocycles. The summed E-state index contributed by atoms with van der Waals surface area (Å²) < 4.78 is 1.19. The van der Waals surface area contributed by atoms with E-state index >= 15 is 0 Å². The van der Waals surface area contributed by atoms with Crippen molar-refractivity contribution >= 4 is 43.6 Å². The fraction of sp³-hybridized carbons (Fsp3) is 0.154. The van der Waals surface area contributed by atoms with Gasteiger partial charge in [-0.1, -0.05) is 62.4 Å². The molecule has 3 heterocycles. The first-order valence-corrected chi connectivity index (χ1v) is 11.6. The molecular weight excluding hydrogens is 438 g/mol. The van der Waals surface area contributed by atoms with Crippen LogP contribution >= 0.6 is 27.3 Å². The van der Waals surface area contributed by atoms with Gasteiger partial charge in [0.15, 0.2) is 0 Å². The molecule has 0 fully saturated rings. The summed E-state index contributed by atoms with van der Waals surface area (Å²) in [6.07, 6.45) is 0.980. The van der Waals surface area contributed by atoms with Crippen LogP contribution in [0.5, 0.6) is 0 Å². The van der Waals surface area contributed by atoms with Gasteiger partial charge in [0.05, 0.1) is 15.2 Å². The van der Waals surface area contributed by atoms with Gasteiger partial charge in [-0.05, 0) is 73.6 Å². The largest absolute Gasteiger partial charge is 0.301 e. The van der Waals surface area contributed by atoms with Crippen molar-refractivity contribution in [3.63, 3.8) is 0 Å². The maximum atomic E-state index is 3.77. The third-order valence-electron chi connectivity index (χ3n) is 6.37. The predicted octanol–water partition coefficient (Wildman–Crippen LogP) is 8.19. The van der Waals surface area contributed by atoms with E-state index in [1.807, 2.05) is 11.3 Å². The van der Waals surface area contributed by atoms with Crippen molar-refractivity contribution in [3.05, 3.63) is 98.8 Å². The summed E-state index contributed by atoms with van der Waals surface area (Å²) in [5.41, 5.74) is 10.9. The van der Waals surface area contributed by atoms with Crippen molar-refractivity contribution in [2.45, 2.75) is 25.7 Å². The minimum Gasteiger partial charge on any atom is -0.301 e. The Morgan fingerprint density at radius 3 is 2.41 bits per heavy atom. The molecule has 0 unspecified atom stereocenters. The van der Waals surface area contributed by atoms with Crippen LogP contribution in [0.25, 0.3) is 11.1 Å². The number of hydrogen-bond acceptors (Lipinski definition) is 2. The summed E-state index contributed by atoms with van der Waals surface area (Å²) in [5, 5.41) is 1.34. The highest BCUT2D eigenvalue weighted by Crippen LogP contribution is 2.59. The lowest BCUT2D eigenvalue weighted by Gasteiger charge is -2.44. The quantitative estimate of drug-likeness (QED) is 0.245. The molecule has 3 heteroatoms. The first-order chi connectivity index (χ1) is 14.0. The van der Waals surface area contributed by atoms with Gasteiger partial charge in [0, 0.05) is 11.8 Å². The molecule has 0 aliphatic carbocycles. The molecular formula is C26H20BrNS. The Morgan fingerprint density at radius 1 is 0.828 bits per heavy atom. The minimum absolute atomic E-state index is 0.0461. The number of fused-ring (bicyclic) bond motifs is 4. The van der Waals surface area contributed by atoms with Crippen LogP contribution in [0, 0.1) is 0 Å². The Labute approximate surface area is 183 Å².